The molecule has 4 nitrogen and oxygen atoms in total. The Bertz CT molecular complexity index is 345. The first-order valence-electron chi connectivity index (χ1n) is 9.02. The maximum atomic E-state index is 12.1. The molecular weight excluding hydrogens is 333 g/mol. The molecule has 0 radical (unpaired) electrons. The van der Waals surface area contributed by atoms with Crippen LogP contribution in [-0.4, -0.2) is 49.6 Å². The van der Waals surface area contributed by atoms with E-state index in [1.54, 1.807) is 0 Å². The van der Waals surface area contributed by atoms with Gasteiger partial charge in [-0.05, 0) is 57.0 Å². The van der Waals surface area contributed by atoms with Gasteiger partial charge in [0.05, 0.1) is 0 Å². The maximum Gasteiger partial charge on any atom is 0.220 e. The predicted octanol–water partition coefficient (Wildman–Crippen LogP) is 2.60. The standard InChI is InChI=1S/C17H31N3O.2ClH/c21-17(6-5-14-7-9-18-11-14)19-16-8-10-20(13-16)12-15-3-1-2-4-15;;/h14-16,18H,1-13H2,(H,19,21);2*1H. The zero-order chi connectivity index (χ0) is 14.5. The molecule has 2 atom stereocenters. The lowest BCUT2D eigenvalue weighted by Gasteiger charge is -2.20. The highest BCUT2D eigenvalue weighted by atomic mass is 35.5. The predicted molar refractivity (Wildman–Crippen MR) is 99.7 cm³/mol. The lowest BCUT2D eigenvalue weighted by molar-refractivity contribution is -0.122. The number of likely N-dealkylation sites (tertiary alicyclic amines) is 1. The molecule has 6 heteroatoms. The highest BCUT2D eigenvalue weighted by molar-refractivity contribution is 5.85. The fraction of sp³-hybridized carbons (Fsp3) is 0.941. The average Bonchev–Trinajstić information content (AvgIpc) is 3.19. The van der Waals surface area contributed by atoms with E-state index < -0.39 is 0 Å². The summed E-state index contributed by atoms with van der Waals surface area (Å²) in [5, 5.41) is 6.63. The quantitative estimate of drug-likeness (QED) is 0.760. The van der Waals surface area contributed by atoms with Crippen LogP contribution in [0.5, 0.6) is 0 Å². The lowest BCUT2D eigenvalue weighted by Crippen LogP contribution is -2.38. The molecule has 2 unspecified atom stereocenters. The molecule has 2 aliphatic heterocycles. The third kappa shape index (κ3) is 6.77. The van der Waals surface area contributed by atoms with Gasteiger partial charge in [-0.2, -0.15) is 0 Å². The molecule has 1 aliphatic carbocycles. The Kier molecular flexibility index (Phi) is 9.83. The fourth-order valence-electron chi connectivity index (χ4n) is 4.27. The molecule has 0 aromatic carbocycles. The van der Waals surface area contributed by atoms with Crippen LogP contribution in [0.4, 0.5) is 0 Å². The number of nitrogens with zero attached hydrogens (tertiary/aromatic N) is 1. The monoisotopic (exact) mass is 365 g/mol. The molecule has 23 heavy (non-hydrogen) atoms. The molecule has 3 rings (SSSR count). The van der Waals surface area contributed by atoms with Crippen molar-refractivity contribution in [2.24, 2.45) is 11.8 Å². The number of amides is 1. The second-order valence-corrected chi connectivity index (χ2v) is 7.36. The highest BCUT2D eigenvalue weighted by Crippen LogP contribution is 2.26. The molecule has 136 valence electrons. The fourth-order valence-corrected chi connectivity index (χ4v) is 4.27. The molecule has 0 bridgehead atoms. The van der Waals surface area contributed by atoms with Gasteiger partial charge < -0.3 is 15.5 Å². The summed E-state index contributed by atoms with van der Waals surface area (Å²) in [4.78, 5) is 14.6. The molecule has 3 aliphatic rings. The summed E-state index contributed by atoms with van der Waals surface area (Å²) in [5.74, 6) is 1.92. The first-order chi connectivity index (χ1) is 10.3. The number of hydrogen-bond donors (Lipinski definition) is 2. The average molecular weight is 366 g/mol. The van der Waals surface area contributed by atoms with Crippen LogP contribution in [0.25, 0.3) is 0 Å². The van der Waals surface area contributed by atoms with Crippen molar-refractivity contribution in [3.05, 3.63) is 0 Å². The van der Waals surface area contributed by atoms with Gasteiger partial charge in [0.15, 0.2) is 0 Å². The molecule has 0 aromatic rings. The van der Waals surface area contributed by atoms with Gasteiger partial charge in [0.2, 0.25) is 5.91 Å². The first kappa shape index (κ1) is 21.0. The Labute approximate surface area is 153 Å². The highest BCUT2D eigenvalue weighted by Gasteiger charge is 2.27. The zero-order valence-corrected chi connectivity index (χ0v) is 15.7. The molecular formula is C17H33Cl2N3O. The van der Waals surface area contributed by atoms with Gasteiger partial charge in [0.25, 0.3) is 0 Å². The number of hydrogen-bond acceptors (Lipinski definition) is 3. The van der Waals surface area contributed by atoms with Crippen molar-refractivity contribution in [1.29, 1.82) is 0 Å². The second kappa shape index (κ2) is 10.8. The topological polar surface area (TPSA) is 44.4 Å². The van der Waals surface area contributed by atoms with Crippen molar-refractivity contribution in [3.63, 3.8) is 0 Å². The van der Waals surface area contributed by atoms with Crippen LogP contribution in [0.3, 0.4) is 0 Å². The van der Waals surface area contributed by atoms with Gasteiger partial charge in [0.1, 0.15) is 0 Å². The molecule has 3 fully saturated rings. The molecule has 1 amide bonds. The van der Waals surface area contributed by atoms with Gasteiger partial charge in [-0.3, -0.25) is 4.79 Å². The molecule has 2 N–H and O–H groups in total. The summed E-state index contributed by atoms with van der Waals surface area (Å²) < 4.78 is 0. The number of rotatable bonds is 6. The zero-order valence-electron chi connectivity index (χ0n) is 14.1. The Morgan fingerprint density at radius 1 is 1.09 bits per heavy atom. The van der Waals surface area contributed by atoms with Crippen LogP contribution >= 0.6 is 24.8 Å². The van der Waals surface area contributed by atoms with E-state index in [-0.39, 0.29) is 30.7 Å². The van der Waals surface area contributed by atoms with Crippen molar-refractivity contribution in [1.82, 2.24) is 15.5 Å². The Balaban J connectivity index is 0.00000132. The Morgan fingerprint density at radius 3 is 2.57 bits per heavy atom. The smallest absolute Gasteiger partial charge is 0.220 e. The normalized spacial score (nSPS) is 28.3. The minimum atomic E-state index is 0. The van der Waals surface area contributed by atoms with Crippen molar-refractivity contribution >= 4 is 30.7 Å². The number of halogens is 2. The van der Waals surface area contributed by atoms with Crippen molar-refractivity contribution in [2.45, 2.75) is 57.4 Å². The van der Waals surface area contributed by atoms with Crippen LogP contribution in [0.1, 0.15) is 51.4 Å². The molecule has 2 saturated heterocycles. The van der Waals surface area contributed by atoms with Crippen LogP contribution in [0.15, 0.2) is 0 Å². The third-order valence-corrected chi connectivity index (χ3v) is 5.57. The molecule has 0 aromatic heterocycles. The lowest BCUT2D eigenvalue weighted by atomic mass is 10.0. The van der Waals surface area contributed by atoms with E-state index >= 15 is 0 Å². The molecule has 1 saturated carbocycles. The number of carbonyl (C=O) groups excluding carboxylic acids is 1. The second-order valence-electron chi connectivity index (χ2n) is 7.36. The van der Waals surface area contributed by atoms with E-state index in [2.05, 4.69) is 15.5 Å². The Hall–Kier alpha value is -0.0300. The van der Waals surface area contributed by atoms with Crippen molar-refractivity contribution in [3.8, 4) is 0 Å². The van der Waals surface area contributed by atoms with Gasteiger partial charge in [0, 0.05) is 32.1 Å². The van der Waals surface area contributed by atoms with E-state index in [0.29, 0.717) is 12.5 Å². The van der Waals surface area contributed by atoms with E-state index in [1.165, 1.54) is 45.2 Å². The van der Waals surface area contributed by atoms with Crippen LogP contribution < -0.4 is 10.6 Å². The van der Waals surface area contributed by atoms with Gasteiger partial charge in [-0.15, -0.1) is 24.8 Å². The molecule has 0 spiro atoms. The van der Waals surface area contributed by atoms with Crippen molar-refractivity contribution < 1.29 is 4.79 Å². The minimum absolute atomic E-state index is 0. The largest absolute Gasteiger partial charge is 0.352 e. The summed E-state index contributed by atoms with van der Waals surface area (Å²) >= 11 is 0. The summed E-state index contributed by atoms with van der Waals surface area (Å²) in [7, 11) is 0. The maximum absolute atomic E-state index is 12.1. The van der Waals surface area contributed by atoms with E-state index in [1.807, 2.05) is 0 Å². The summed E-state index contributed by atoms with van der Waals surface area (Å²) in [6.45, 7) is 5.75. The first-order valence-corrected chi connectivity index (χ1v) is 9.02. The van der Waals surface area contributed by atoms with Gasteiger partial charge >= 0.3 is 0 Å². The van der Waals surface area contributed by atoms with Crippen LogP contribution in [-0.2, 0) is 4.79 Å². The summed E-state index contributed by atoms with van der Waals surface area (Å²) in [5.41, 5.74) is 0. The van der Waals surface area contributed by atoms with Crippen LogP contribution in [0, 0.1) is 11.8 Å². The van der Waals surface area contributed by atoms with Gasteiger partial charge in [-0.1, -0.05) is 12.8 Å². The Morgan fingerprint density at radius 2 is 1.87 bits per heavy atom. The van der Waals surface area contributed by atoms with E-state index in [9.17, 15) is 4.79 Å². The van der Waals surface area contributed by atoms with E-state index in [0.717, 1.165) is 44.3 Å². The van der Waals surface area contributed by atoms with Crippen LogP contribution in [0.2, 0.25) is 0 Å². The van der Waals surface area contributed by atoms with Crippen molar-refractivity contribution in [2.75, 3.05) is 32.7 Å². The third-order valence-electron chi connectivity index (χ3n) is 5.57. The SMILES string of the molecule is Cl.Cl.O=C(CCC1CCNC1)NC1CCN(CC2CCCC2)C1. The summed E-state index contributed by atoms with van der Waals surface area (Å²) in [6, 6.07) is 0.403. The van der Waals surface area contributed by atoms with E-state index in [4.69, 9.17) is 0 Å². The number of carbonyl (C=O) groups is 1. The molecule has 2 heterocycles. The van der Waals surface area contributed by atoms with Gasteiger partial charge in [-0.25, -0.2) is 0 Å². The number of nitrogens with one attached hydrogen (secondary N) is 2. The minimum Gasteiger partial charge on any atom is -0.352 e. The summed E-state index contributed by atoms with van der Waals surface area (Å²) in [6.07, 6.45) is 9.84.